The highest BCUT2D eigenvalue weighted by Crippen LogP contribution is 2.10. The minimum absolute atomic E-state index is 0. The molecule has 1 N–H and O–H groups in total. The summed E-state index contributed by atoms with van der Waals surface area (Å²) in [7, 11) is -3.41. The van der Waals surface area contributed by atoms with Crippen LogP contribution in [0.3, 0.4) is 0 Å². The van der Waals surface area contributed by atoms with Gasteiger partial charge in [-0.3, -0.25) is 4.18 Å². The fourth-order valence-corrected chi connectivity index (χ4v) is 3.05. The molecular formula is C15H34MgO4S. The quantitative estimate of drug-likeness (QED) is 0.284. The molecule has 0 amide bonds. The van der Waals surface area contributed by atoms with Crippen molar-refractivity contribution >= 4 is 33.2 Å². The van der Waals surface area contributed by atoms with Gasteiger partial charge in [0.2, 0.25) is 0 Å². The molecule has 0 atom stereocenters. The normalized spacial score (nSPS) is 11.3. The van der Waals surface area contributed by atoms with Gasteiger partial charge in [0.15, 0.2) is 0 Å². The van der Waals surface area contributed by atoms with E-state index in [9.17, 15) is 8.42 Å². The van der Waals surface area contributed by atoms with Crippen molar-refractivity contribution in [1.29, 1.82) is 0 Å². The van der Waals surface area contributed by atoms with Crippen molar-refractivity contribution in [2.45, 2.75) is 77.6 Å². The molecule has 0 heterocycles. The Balaban J connectivity index is 0. The van der Waals surface area contributed by atoms with Crippen LogP contribution in [0.25, 0.3) is 0 Å². The molecule has 0 aliphatic carbocycles. The van der Waals surface area contributed by atoms with Crippen molar-refractivity contribution in [2.24, 2.45) is 0 Å². The Labute approximate surface area is 147 Å². The van der Waals surface area contributed by atoms with Crippen LogP contribution < -0.4 is 0 Å². The average molecular weight is 335 g/mol. The molecule has 0 bridgehead atoms. The minimum Gasteiger partial charge on any atom is -0.396 e. The topological polar surface area (TPSA) is 63.6 Å². The van der Waals surface area contributed by atoms with Gasteiger partial charge in [0.05, 0.1) is 12.4 Å². The second kappa shape index (κ2) is 17.0. The summed E-state index contributed by atoms with van der Waals surface area (Å²) in [5.74, 6) is -0.0821. The van der Waals surface area contributed by atoms with Gasteiger partial charge in [0.1, 0.15) is 0 Å². The molecule has 21 heavy (non-hydrogen) atoms. The van der Waals surface area contributed by atoms with E-state index in [4.69, 9.17) is 9.29 Å². The van der Waals surface area contributed by atoms with Crippen LogP contribution in [0.15, 0.2) is 0 Å². The van der Waals surface area contributed by atoms with Gasteiger partial charge in [-0.2, -0.15) is 8.42 Å². The molecule has 0 radical (unpaired) electrons. The first-order valence-electron chi connectivity index (χ1n) is 8.10. The number of aliphatic hydroxyl groups is 1. The van der Waals surface area contributed by atoms with Gasteiger partial charge >= 0.3 is 23.1 Å². The van der Waals surface area contributed by atoms with Crippen molar-refractivity contribution in [3.05, 3.63) is 0 Å². The maximum Gasteiger partial charge on any atom is 0.316 e. The smallest absolute Gasteiger partial charge is 0.316 e. The Kier molecular flexibility index (Phi) is 19.3. The first-order chi connectivity index (χ1) is 9.62. The minimum atomic E-state index is -3.41. The Morgan fingerprint density at radius 1 is 0.810 bits per heavy atom. The number of unbranched alkanes of at least 4 members (excludes halogenated alkanes) is 9. The standard InChI is InChI=1S/C15H32O4S.Mg.2H/c1-2-3-4-5-6-7-8-9-10-11-14-19-20(17,18)15-12-13-16;;;/h16H,2-15H2,1H3;;;. The summed E-state index contributed by atoms with van der Waals surface area (Å²) in [6, 6.07) is 0. The molecule has 0 saturated heterocycles. The third-order valence-electron chi connectivity index (χ3n) is 3.31. The zero-order chi connectivity index (χ0) is 15.1. The maximum atomic E-state index is 11.3. The third kappa shape index (κ3) is 18.6. The van der Waals surface area contributed by atoms with E-state index in [0.29, 0.717) is 0 Å². The van der Waals surface area contributed by atoms with Gasteiger partial charge in [0, 0.05) is 6.61 Å². The van der Waals surface area contributed by atoms with Gasteiger partial charge in [-0.1, -0.05) is 64.7 Å². The monoisotopic (exact) mass is 334 g/mol. The van der Waals surface area contributed by atoms with Crippen LogP contribution in [0.4, 0.5) is 0 Å². The zero-order valence-corrected chi connectivity index (χ0v) is 13.8. The van der Waals surface area contributed by atoms with Crippen LogP contribution >= 0.6 is 0 Å². The van der Waals surface area contributed by atoms with Gasteiger partial charge in [-0.15, -0.1) is 0 Å². The molecule has 0 aromatic rings. The Morgan fingerprint density at radius 2 is 1.29 bits per heavy atom. The van der Waals surface area contributed by atoms with Crippen molar-refractivity contribution < 1.29 is 17.7 Å². The highest BCUT2D eigenvalue weighted by Gasteiger charge is 2.09. The van der Waals surface area contributed by atoms with Crippen LogP contribution in [0.5, 0.6) is 0 Å². The Bertz CT molecular complexity index is 294. The second-order valence-electron chi connectivity index (χ2n) is 5.34. The highest BCUT2D eigenvalue weighted by atomic mass is 32.2. The van der Waals surface area contributed by atoms with Crippen LogP contribution in [0, 0.1) is 0 Å². The molecule has 4 nitrogen and oxygen atoms in total. The lowest BCUT2D eigenvalue weighted by Crippen LogP contribution is -2.12. The summed E-state index contributed by atoms with van der Waals surface area (Å²) in [6.45, 7) is 2.40. The summed E-state index contributed by atoms with van der Waals surface area (Å²) < 4.78 is 27.5. The maximum absolute atomic E-state index is 11.3. The predicted octanol–water partition coefficient (Wildman–Crippen LogP) is 2.72. The average Bonchev–Trinajstić information content (AvgIpc) is 2.42. The predicted molar refractivity (Wildman–Crippen MR) is 91.8 cm³/mol. The lowest BCUT2D eigenvalue weighted by molar-refractivity contribution is 0.283. The number of hydrogen-bond acceptors (Lipinski definition) is 4. The number of aliphatic hydroxyl groups excluding tert-OH is 1. The van der Waals surface area contributed by atoms with Crippen molar-refractivity contribution in [2.75, 3.05) is 19.0 Å². The first kappa shape index (κ1) is 23.9. The van der Waals surface area contributed by atoms with Crippen molar-refractivity contribution in [1.82, 2.24) is 0 Å². The molecule has 0 aliphatic rings. The van der Waals surface area contributed by atoms with Gasteiger partial charge in [0.25, 0.3) is 10.1 Å². The summed E-state index contributed by atoms with van der Waals surface area (Å²) >= 11 is 0. The summed E-state index contributed by atoms with van der Waals surface area (Å²) in [6.07, 6.45) is 12.4. The van der Waals surface area contributed by atoms with E-state index in [2.05, 4.69) is 6.92 Å². The highest BCUT2D eigenvalue weighted by molar-refractivity contribution is 7.86. The molecule has 0 fully saturated rings. The van der Waals surface area contributed by atoms with E-state index in [-0.39, 0.29) is 48.4 Å². The van der Waals surface area contributed by atoms with Crippen LogP contribution in [-0.4, -0.2) is 55.5 Å². The SMILES string of the molecule is CCCCCCCCCCCCOS(=O)(=O)CCCO.[MgH2]. The second-order valence-corrected chi connectivity index (χ2v) is 7.10. The summed E-state index contributed by atoms with van der Waals surface area (Å²) in [5, 5.41) is 8.57. The fourth-order valence-electron chi connectivity index (χ4n) is 2.08. The molecule has 0 aromatic carbocycles. The molecule has 6 heteroatoms. The Morgan fingerprint density at radius 3 is 1.76 bits per heavy atom. The van der Waals surface area contributed by atoms with Crippen LogP contribution in [0.1, 0.15) is 77.6 Å². The molecule has 0 unspecified atom stereocenters. The van der Waals surface area contributed by atoms with Crippen molar-refractivity contribution in [3.63, 3.8) is 0 Å². The van der Waals surface area contributed by atoms with E-state index in [1.54, 1.807) is 0 Å². The van der Waals surface area contributed by atoms with E-state index in [1.165, 1.54) is 44.9 Å². The van der Waals surface area contributed by atoms with E-state index in [1.807, 2.05) is 0 Å². The largest absolute Gasteiger partial charge is 0.396 e. The molecule has 0 aromatic heterocycles. The summed E-state index contributed by atoms with van der Waals surface area (Å²) in [5.41, 5.74) is 0. The lowest BCUT2D eigenvalue weighted by atomic mass is 10.1. The molecule has 126 valence electrons. The lowest BCUT2D eigenvalue weighted by Gasteiger charge is -2.05. The molecule has 0 saturated carbocycles. The summed E-state index contributed by atoms with van der Waals surface area (Å²) in [4.78, 5) is 0. The van der Waals surface area contributed by atoms with Gasteiger partial charge in [-0.05, 0) is 12.8 Å². The van der Waals surface area contributed by atoms with Crippen LogP contribution in [-0.2, 0) is 14.3 Å². The third-order valence-corrected chi connectivity index (χ3v) is 4.63. The fraction of sp³-hybridized carbons (Fsp3) is 1.00. The van der Waals surface area contributed by atoms with E-state index < -0.39 is 10.1 Å². The van der Waals surface area contributed by atoms with Crippen molar-refractivity contribution in [3.8, 4) is 0 Å². The van der Waals surface area contributed by atoms with E-state index in [0.717, 1.165) is 19.3 Å². The van der Waals surface area contributed by atoms with E-state index >= 15 is 0 Å². The van der Waals surface area contributed by atoms with Gasteiger partial charge < -0.3 is 5.11 Å². The molecule has 0 aliphatic heterocycles. The Hall–Kier alpha value is 0.636. The molecular weight excluding hydrogens is 301 g/mol. The first-order valence-corrected chi connectivity index (χ1v) is 9.68. The number of hydrogen-bond donors (Lipinski definition) is 1. The molecule has 0 rings (SSSR count). The van der Waals surface area contributed by atoms with Crippen LogP contribution in [0.2, 0.25) is 0 Å². The zero-order valence-electron chi connectivity index (χ0n) is 13.0. The molecule has 0 spiro atoms. The van der Waals surface area contributed by atoms with Gasteiger partial charge in [-0.25, -0.2) is 0 Å². The number of rotatable bonds is 15.